The number of hydrazine groups is 1. The Hall–Kier alpha value is -1.18. The summed E-state index contributed by atoms with van der Waals surface area (Å²) in [5, 5.41) is 9.10. The molecule has 0 atom stereocenters. The van der Waals surface area contributed by atoms with Gasteiger partial charge in [0.15, 0.2) is 5.01 Å². The number of nitrogens with zero attached hydrogens (tertiary/aromatic N) is 2. The monoisotopic (exact) mass is 314 g/mol. The van der Waals surface area contributed by atoms with Crippen molar-refractivity contribution in [3.05, 3.63) is 33.2 Å². The lowest BCUT2D eigenvalue weighted by molar-refractivity contribution is 0.302. The second kappa shape index (κ2) is 5.44. The number of nitrogens with two attached hydrogens (primary N) is 1. The van der Waals surface area contributed by atoms with Crippen LogP contribution in [-0.4, -0.2) is 10.2 Å². The zero-order valence-electron chi connectivity index (χ0n) is 9.11. The van der Waals surface area contributed by atoms with Gasteiger partial charge in [0, 0.05) is 0 Å². The second-order valence-electron chi connectivity index (χ2n) is 3.37. The van der Waals surface area contributed by atoms with Crippen molar-refractivity contribution in [1.29, 1.82) is 0 Å². The molecule has 1 aromatic carbocycles. The number of aryl methyl sites for hydroxylation is 1. The molecule has 0 spiro atoms. The molecule has 1 heterocycles. The van der Waals surface area contributed by atoms with Crippen LogP contribution in [0.4, 0.5) is 5.13 Å². The number of rotatable bonds is 4. The summed E-state index contributed by atoms with van der Waals surface area (Å²) in [5.41, 5.74) is 3.62. The van der Waals surface area contributed by atoms with Crippen LogP contribution in [0, 0.1) is 6.92 Å². The van der Waals surface area contributed by atoms with E-state index in [1.807, 2.05) is 25.1 Å². The third-order valence-electron chi connectivity index (χ3n) is 2.03. The number of nitrogens with one attached hydrogen (secondary N) is 1. The lowest BCUT2D eigenvalue weighted by Crippen LogP contribution is -2.05. The van der Waals surface area contributed by atoms with E-state index in [4.69, 9.17) is 10.6 Å². The van der Waals surface area contributed by atoms with E-state index in [-0.39, 0.29) is 0 Å². The smallest absolute Gasteiger partial charge is 0.219 e. The van der Waals surface area contributed by atoms with Gasteiger partial charge in [0.2, 0.25) is 5.13 Å². The highest BCUT2D eigenvalue weighted by Crippen LogP contribution is 2.27. The molecule has 90 valence electrons. The first-order valence-electron chi connectivity index (χ1n) is 4.87. The first kappa shape index (κ1) is 12.3. The average Bonchev–Trinajstić information content (AvgIpc) is 2.76. The molecule has 0 radical (unpaired) electrons. The number of nitrogen functional groups attached to an aromatic ring is 1. The summed E-state index contributed by atoms with van der Waals surface area (Å²) in [7, 11) is 0. The van der Waals surface area contributed by atoms with Crippen LogP contribution in [-0.2, 0) is 6.61 Å². The zero-order valence-corrected chi connectivity index (χ0v) is 11.5. The minimum atomic E-state index is 0.376. The molecule has 0 saturated carbocycles. The number of benzene rings is 1. The number of hydrogen-bond acceptors (Lipinski definition) is 6. The van der Waals surface area contributed by atoms with E-state index in [1.54, 1.807) is 0 Å². The van der Waals surface area contributed by atoms with Crippen LogP contribution in [0.15, 0.2) is 22.7 Å². The molecule has 0 aliphatic rings. The summed E-state index contributed by atoms with van der Waals surface area (Å²) >= 11 is 4.81. The van der Waals surface area contributed by atoms with Crippen LogP contribution >= 0.6 is 27.3 Å². The standard InChI is InChI=1S/C10H11BrN4OS/c1-6-2-3-8(7(11)4-6)16-5-9-14-15-10(13-12)17-9/h2-4H,5,12H2,1H3,(H,13,15). The molecular weight excluding hydrogens is 304 g/mol. The molecule has 17 heavy (non-hydrogen) atoms. The Bertz CT molecular complexity index is 517. The highest BCUT2D eigenvalue weighted by Gasteiger charge is 2.05. The Balaban J connectivity index is 2.02. The van der Waals surface area contributed by atoms with Crippen molar-refractivity contribution in [2.24, 2.45) is 5.84 Å². The molecular formula is C10H11BrN4OS. The van der Waals surface area contributed by atoms with Gasteiger partial charge in [-0.2, -0.15) is 0 Å². The Morgan fingerprint density at radius 2 is 2.29 bits per heavy atom. The van der Waals surface area contributed by atoms with E-state index in [0.29, 0.717) is 11.7 Å². The number of anilines is 1. The lowest BCUT2D eigenvalue weighted by atomic mass is 10.2. The quantitative estimate of drug-likeness (QED) is 0.670. The largest absolute Gasteiger partial charge is 0.485 e. The Kier molecular flexibility index (Phi) is 3.93. The van der Waals surface area contributed by atoms with Gasteiger partial charge in [0.05, 0.1) is 4.47 Å². The van der Waals surface area contributed by atoms with Crippen molar-refractivity contribution in [3.8, 4) is 5.75 Å². The summed E-state index contributed by atoms with van der Waals surface area (Å²) in [6, 6.07) is 5.91. The molecule has 1 aromatic heterocycles. The normalized spacial score (nSPS) is 10.3. The van der Waals surface area contributed by atoms with E-state index < -0.39 is 0 Å². The molecule has 0 amide bonds. The highest BCUT2D eigenvalue weighted by molar-refractivity contribution is 9.10. The second-order valence-corrected chi connectivity index (χ2v) is 5.28. The van der Waals surface area contributed by atoms with Gasteiger partial charge in [-0.25, -0.2) is 5.84 Å². The minimum absolute atomic E-state index is 0.376. The molecule has 0 aliphatic heterocycles. The summed E-state index contributed by atoms with van der Waals surface area (Å²) in [6.07, 6.45) is 0. The first-order chi connectivity index (χ1) is 8.19. The molecule has 7 heteroatoms. The van der Waals surface area contributed by atoms with Crippen molar-refractivity contribution in [2.45, 2.75) is 13.5 Å². The fraction of sp³-hybridized carbons (Fsp3) is 0.200. The van der Waals surface area contributed by atoms with E-state index in [2.05, 4.69) is 31.6 Å². The van der Waals surface area contributed by atoms with E-state index in [0.717, 1.165) is 15.2 Å². The van der Waals surface area contributed by atoms with Gasteiger partial charge in [0.1, 0.15) is 12.4 Å². The Morgan fingerprint density at radius 3 is 2.94 bits per heavy atom. The maximum Gasteiger partial charge on any atom is 0.219 e. The van der Waals surface area contributed by atoms with Gasteiger partial charge in [-0.3, -0.25) is 5.43 Å². The van der Waals surface area contributed by atoms with Crippen LogP contribution < -0.4 is 16.0 Å². The number of hydrogen-bond donors (Lipinski definition) is 2. The fourth-order valence-corrected chi connectivity index (χ4v) is 2.40. The summed E-state index contributed by atoms with van der Waals surface area (Å²) < 4.78 is 6.56. The third-order valence-corrected chi connectivity index (χ3v) is 3.48. The maximum absolute atomic E-state index is 5.63. The summed E-state index contributed by atoms with van der Waals surface area (Å²) in [6.45, 7) is 2.40. The third kappa shape index (κ3) is 3.15. The van der Waals surface area contributed by atoms with Crippen LogP contribution in [0.2, 0.25) is 0 Å². The van der Waals surface area contributed by atoms with Crippen LogP contribution in [0.5, 0.6) is 5.75 Å². The van der Waals surface area contributed by atoms with Crippen molar-refractivity contribution in [3.63, 3.8) is 0 Å². The molecule has 0 bridgehead atoms. The van der Waals surface area contributed by atoms with E-state index >= 15 is 0 Å². The average molecular weight is 315 g/mol. The van der Waals surface area contributed by atoms with Crippen molar-refractivity contribution < 1.29 is 4.74 Å². The SMILES string of the molecule is Cc1ccc(OCc2nnc(NN)s2)c(Br)c1. The summed E-state index contributed by atoms with van der Waals surface area (Å²) in [4.78, 5) is 0. The van der Waals surface area contributed by atoms with Gasteiger partial charge in [0.25, 0.3) is 0 Å². The topological polar surface area (TPSA) is 73.1 Å². The lowest BCUT2D eigenvalue weighted by Gasteiger charge is -2.06. The van der Waals surface area contributed by atoms with Crippen molar-refractivity contribution in [2.75, 3.05) is 5.43 Å². The summed E-state index contributed by atoms with van der Waals surface area (Å²) in [5.74, 6) is 6.01. The predicted octanol–water partition coefficient (Wildman–Crippen LogP) is 2.47. The van der Waals surface area contributed by atoms with Crippen molar-refractivity contribution in [1.82, 2.24) is 10.2 Å². The molecule has 0 aliphatic carbocycles. The van der Waals surface area contributed by atoms with Gasteiger partial charge in [-0.05, 0) is 40.5 Å². The van der Waals surface area contributed by atoms with Crippen LogP contribution in [0.25, 0.3) is 0 Å². The molecule has 0 saturated heterocycles. The van der Waals surface area contributed by atoms with Crippen molar-refractivity contribution >= 4 is 32.4 Å². The molecule has 2 rings (SSSR count). The highest BCUT2D eigenvalue weighted by atomic mass is 79.9. The molecule has 0 unspecified atom stereocenters. The molecule has 0 fully saturated rings. The molecule has 3 N–H and O–H groups in total. The van der Waals surface area contributed by atoms with Gasteiger partial charge < -0.3 is 4.74 Å². The minimum Gasteiger partial charge on any atom is -0.485 e. The first-order valence-corrected chi connectivity index (χ1v) is 6.48. The number of ether oxygens (including phenoxy) is 1. The van der Waals surface area contributed by atoms with E-state index in [9.17, 15) is 0 Å². The van der Waals surface area contributed by atoms with Gasteiger partial charge in [-0.15, -0.1) is 10.2 Å². The molecule has 5 nitrogen and oxygen atoms in total. The fourth-order valence-electron chi connectivity index (χ4n) is 1.23. The Labute approximate surface area is 111 Å². The van der Waals surface area contributed by atoms with E-state index in [1.165, 1.54) is 16.9 Å². The maximum atomic E-state index is 5.63. The van der Waals surface area contributed by atoms with Gasteiger partial charge >= 0.3 is 0 Å². The molecule has 2 aromatic rings. The predicted molar refractivity (Wildman–Crippen MR) is 70.9 cm³/mol. The zero-order chi connectivity index (χ0) is 12.3. The van der Waals surface area contributed by atoms with Crippen LogP contribution in [0.3, 0.4) is 0 Å². The number of halogens is 1. The van der Waals surface area contributed by atoms with Gasteiger partial charge in [-0.1, -0.05) is 17.4 Å². The Morgan fingerprint density at radius 1 is 1.47 bits per heavy atom. The number of aromatic nitrogens is 2. The van der Waals surface area contributed by atoms with Crippen LogP contribution in [0.1, 0.15) is 10.6 Å².